The molecule has 11 heteroatoms. The highest BCUT2D eigenvalue weighted by molar-refractivity contribution is 5.98. The van der Waals surface area contributed by atoms with Gasteiger partial charge < -0.3 is 30.1 Å². The molecule has 4 aliphatic rings. The van der Waals surface area contributed by atoms with E-state index in [0.717, 1.165) is 44.3 Å². The smallest absolute Gasteiger partial charge is 0.330 e. The number of hydrogen-bond donors (Lipinski definition) is 3. The van der Waals surface area contributed by atoms with Crippen molar-refractivity contribution in [2.24, 2.45) is 23.7 Å². The van der Waals surface area contributed by atoms with Crippen molar-refractivity contribution in [1.82, 2.24) is 20.0 Å². The summed E-state index contributed by atoms with van der Waals surface area (Å²) in [5, 5.41) is 21.7. The number of rotatable bonds is 14. The van der Waals surface area contributed by atoms with Crippen LogP contribution >= 0.6 is 0 Å². The first-order valence-corrected chi connectivity index (χ1v) is 18.1. The Morgan fingerprint density at radius 1 is 0.960 bits per heavy atom. The minimum atomic E-state index is -1.31. The third kappa shape index (κ3) is 6.48. The molecule has 1 aromatic heterocycles. The van der Waals surface area contributed by atoms with Crippen LogP contribution in [-0.2, 0) is 9.59 Å². The van der Waals surface area contributed by atoms with Crippen molar-refractivity contribution in [1.29, 1.82) is 0 Å². The summed E-state index contributed by atoms with van der Waals surface area (Å²) in [7, 11) is 3.15. The Balaban J connectivity index is 1.40. The van der Waals surface area contributed by atoms with Crippen LogP contribution < -0.4 is 20.1 Å². The molecule has 0 spiro atoms. The van der Waals surface area contributed by atoms with E-state index in [2.05, 4.69) is 43.2 Å². The number of aromatic nitrogens is 2. The average molecular weight is 686 g/mol. The van der Waals surface area contributed by atoms with Crippen LogP contribution in [0.3, 0.4) is 0 Å². The van der Waals surface area contributed by atoms with Crippen LogP contribution in [0, 0.1) is 23.7 Å². The van der Waals surface area contributed by atoms with Crippen molar-refractivity contribution >= 4 is 23.5 Å². The number of ether oxygens (including phenoxy) is 2. The molecule has 3 N–H and O–H groups in total. The number of nitrogens with zero attached hydrogens (tertiary/aromatic N) is 3. The number of carbonyl (C=O) groups is 3. The molecule has 1 heterocycles. The molecule has 2 amide bonds. The summed E-state index contributed by atoms with van der Waals surface area (Å²) in [5.74, 6) is 0.429. The molecule has 4 aliphatic carbocycles. The summed E-state index contributed by atoms with van der Waals surface area (Å²) in [6.07, 6.45) is 4.86. The van der Waals surface area contributed by atoms with E-state index in [0.29, 0.717) is 58.9 Å². The maximum Gasteiger partial charge on any atom is 0.330 e. The van der Waals surface area contributed by atoms with Crippen molar-refractivity contribution in [3.63, 3.8) is 0 Å². The largest absolute Gasteiger partial charge is 0.496 e. The molecule has 0 radical (unpaired) electrons. The van der Waals surface area contributed by atoms with E-state index < -0.39 is 17.4 Å². The third-order valence-corrected chi connectivity index (χ3v) is 11.4. The van der Waals surface area contributed by atoms with E-state index >= 15 is 0 Å². The number of hydrogen-bond acceptors (Lipinski definition) is 7. The molecule has 50 heavy (non-hydrogen) atoms. The van der Waals surface area contributed by atoms with Crippen LogP contribution in [0.15, 0.2) is 42.5 Å². The van der Waals surface area contributed by atoms with Gasteiger partial charge in [0.1, 0.15) is 17.0 Å². The van der Waals surface area contributed by atoms with Gasteiger partial charge in [0, 0.05) is 18.7 Å². The van der Waals surface area contributed by atoms with Gasteiger partial charge in [-0.25, -0.2) is 9.48 Å². The summed E-state index contributed by atoms with van der Waals surface area (Å²) in [5.41, 5.74) is 2.24. The first kappa shape index (κ1) is 35.4. The molecular weight excluding hydrogens is 634 g/mol. The Morgan fingerprint density at radius 3 is 2.12 bits per heavy atom. The minimum absolute atomic E-state index is 0.0229. The zero-order chi connectivity index (χ0) is 35.7. The fraction of sp³-hybridized carbons (Fsp3) is 0.538. The zero-order valence-electron chi connectivity index (χ0n) is 30.1. The van der Waals surface area contributed by atoms with Crippen molar-refractivity contribution in [3.05, 3.63) is 53.7 Å². The van der Waals surface area contributed by atoms with Crippen LogP contribution in [0.4, 0.5) is 5.69 Å². The first-order valence-electron chi connectivity index (χ1n) is 18.1. The highest BCUT2D eigenvalue weighted by Gasteiger charge is 2.62. The second-order valence-corrected chi connectivity index (χ2v) is 14.6. The molecule has 4 fully saturated rings. The molecule has 4 saturated carbocycles. The molecule has 3 aromatic rings. The monoisotopic (exact) mass is 685 g/mol. The predicted molar refractivity (Wildman–Crippen MR) is 192 cm³/mol. The summed E-state index contributed by atoms with van der Waals surface area (Å²) in [4.78, 5) is 42.5. The third-order valence-electron chi connectivity index (χ3n) is 11.4. The van der Waals surface area contributed by atoms with Gasteiger partial charge in [0.25, 0.3) is 5.91 Å². The van der Waals surface area contributed by atoms with Gasteiger partial charge in [-0.15, -0.1) is 0 Å². The quantitative estimate of drug-likeness (QED) is 0.179. The van der Waals surface area contributed by atoms with Gasteiger partial charge in [0.2, 0.25) is 5.91 Å². The number of nitrogens with one attached hydrogen (secondary N) is 2. The molecule has 0 atom stereocenters. The van der Waals surface area contributed by atoms with Crippen LogP contribution in [0.25, 0.3) is 16.9 Å². The number of carboxylic acid groups (broad SMARTS) is 1. The fourth-order valence-electron chi connectivity index (χ4n) is 9.05. The van der Waals surface area contributed by atoms with Gasteiger partial charge in [0.15, 0.2) is 5.69 Å². The summed E-state index contributed by atoms with van der Waals surface area (Å²) in [6.45, 7) is 10.8. The molecule has 4 bridgehead atoms. The summed E-state index contributed by atoms with van der Waals surface area (Å²) in [6, 6.07) is 12.9. The molecule has 0 saturated heterocycles. The highest BCUT2D eigenvalue weighted by Crippen LogP contribution is 2.58. The Morgan fingerprint density at radius 2 is 1.58 bits per heavy atom. The molecule has 11 nitrogen and oxygen atoms in total. The van der Waals surface area contributed by atoms with Crippen LogP contribution in [0.2, 0.25) is 0 Å². The SMILES string of the molecule is CCN(CC)CCC(=O)Nc1ccc(-n2nc(C(=O)NC3(C(=O)O)C4CC5CC(C4)CC3C5)cc2-c2c(OC)cccc2OC)c(C(C)C)c1. The lowest BCUT2D eigenvalue weighted by atomic mass is 9.48. The number of aliphatic carboxylic acids is 1. The van der Waals surface area contributed by atoms with Gasteiger partial charge in [-0.1, -0.05) is 33.8 Å². The first-order chi connectivity index (χ1) is 24.0. The molecule has 2 aromatic carbocycles. The van der Waals surface area contributed by atoms with E-state index in [1.54, 1.807) is 25.0 Å². The zero-order valence-corrected chi connectivity index (χ0v) is 30.1. The number of amides is 2. The number of carboxylic acids is 1. The second kappa shape index (κ2) is 14.5. The van der Waals surface area contributed by atoms with E-state index in [-0.39, 0.29) is 29.4 Å². The van der Waals surface area contributed by atoms with Gasteiger partial charge in [0.05, 0.1) is 31.2 Å². The molecule has 0 aliphatic heterocycles. The van der Waals surface area contributed by atoms with E-state index in [1.807, 2.05) is 36.4 Å². The van der Waals surface area contributed by atoms with Crippen LogP contribution in [-0.4, -0.2) is 77.0 Å². The van der Waals surface area contributed by atoms with Crippen molar-refractivity contribution in [3.8, 4) is 28.4 Å². The number of methoxy groups -OCH3 is 2. The van der Waals surface area contributed by atoms with Crippen molar-refractivity contribution < 1.29 is 29.0 Å². The number of benzene rings is 2. The van der Waals surface area contributed by atoms with Crippen LogP contribution in [0.1, 0.15) is 88.2 Å². The predicted octanol–water partition coefficient (Wildman–Crippen LogP) is 6.36. The molecule has 0 unspecified atom stereocenters. The van der Waals surface area contributed by atoms with Crippen molar-refractivity contribution in [2.45, 2.75) is 77.7 Å². The standard InChI is InChI=1S/C39H51N5O6/c1-7-43(8-2)15-14-35(45)40-28-12-13-31(29(21-28)23(3)4)44-32(36-33(49-5)10-9-11-34(36)50-6)22-30(42-44)37(46)41-39(38(47)48)26-17-24-16-25(19-26)20-27(39)18-24/h9-13,21-27H,7-8,14-20H2,1-6H3,(H,40,45)(H,41,46)(H,47,48). The van der Waals surface area contributed by atoms with Gasteiger partial charge in [-0.3, -0.25) is 9.59 Å². The van der Waals surface area contributed by atoms with E-state index in [1.165, 1.54) is 6.42 Å². The Bertz CT molecular complexity index is 1690. The normalized spacial score (nSPS) is 23.7. The maximum absolute atomic E-state index is 14.3. The number of carbonyl (C=O) groups excluding carboxylic acids is 2. The van der Waals surface area contributed by atoms with E-state index in [9.17, 15) is 19.5 Å². The lowest BCUT2D eigenvalue weighted by Crippen LogP contribution is -2.70. The second-order valence-electron chi connectivity index (χ2n) is 14.6. The Kier molecular flexibility index (Phi) is 10.3. The maximum atomic E-state index is 14.3. The fourth-order valence-corrected chi connectivity index (χ4v) is 9.05. The van der Waals surface area contributed by atoms with Gasteiger partial charge in [-0.05, 0) is 117 Å². The van der Waals surface area contributed by atoms with Gasteiger partial charge >= 0.3 is 5.97 Å². The van der Waals surface area contributed by atoms with Crippen LogP contribution in [0.5, 0.6) is 11.5 Å². The summed E-state index contributed by atoms with van der Waals surface area (Å²) >= 11 is 0. The minimum Gasteiger partial charge on any atom is -0.496 e. The highest BCUT2D eigenvalue weighted by atomic mass is 16.5. The topological polar surface area (TPSA) is 135 Å². The van der Waals surface area contributed by atoms with E-state index in [4.69, 9.17) is 14.6 Å². The van der Waals surface area contributed by atoms with Crippen molar-refractivity contribution in [2.75, 3.05) is 39.2 Å². The Labute approximate surface area is 294 Å². The lowest BCUT2D eigenvalue weighted by Gasteiger charge is -2.59. The Hall–Kier alpha value is -4.38. The lowest BCUT2D eigenvalue weighted by molar-refractivity contribution is -0.163. The number of anilines is 1. The molecular formula is C39H51N5O6. The summed E-state index contributed by atoms with van der Waals surface area (Å²) < 4.78 is 13.3. The molecule has 7 rings (SSSR count). The molecule has 268 valence electrons. The average Bonchev–Trinajstić information content (AvgIpc) is 3.54. The van der Waals surface area contributed by atoms with Gasteiger partial charge in [-0.2, -0.15) is 5.10 Å².